The molecule has 0 aromatic heterocycles. The number of halogens is 1. The number of carbonyl (C=O) groups is 2. The van der Waals surface area contributed by atoms with E-state index in [1.807, 2.05) is 35.2 Å². The Labute approximate surface area is 176 Å². The van der Waals surface area contributed by atoms with Crippen molar-refractivity contribution in [1.29, 1.82) is 0 Å². The number of carbonyl (C=O) groups excluding carboxylic acids is 2. The number of amides is 2. The Morgan fingerprint density at radius 2 is 1.73 bits per heavy atom. The molecule has 0 saturated carbocycles. The molecule has 0 aliphatic carbocycles. The van der Waals surface area contributed by atoms with Gasteiger partial charge in [-0.25, -0.2) is 4.39 Å². The average molecular weight is 413 g/mol. The van der Waals surface area contributed by atoms with Gasteiger partial charge in [-0.2, -0.15) is 0 Å². The van der Waals surface area contributed by atoms with Crippen LogP contribution in [-0.2, 0) is 4.79 Å². The first-order valence-electron chi connectivity index (χ1n) is 10.2. The molecule has 0 radical (unpaired) electrons. The van der Waals surface area contributed by atoms with Crippen LogP contribution in [-0.4, -0.2) is 79.4 Å². The Bertz CT molecular complexity index is 847. The molecular formula is C23H28FN3O3. The quantitative estimate of drug-likeness (QED) is 0.700. The molecule has 1 heterocycles. The first-order valence-corrected chi connectivity index (χ1v) is 10.2. The second kappa shape index (κ2) is 10.7. The molecule has 0 spiro atoms. The summed E-state index contributed by atoms with van der Waals surface area (Å²) < 4.78 is 19.0. The van der Waals surface area contributed by atoms with Crippen LogP contribution in [0.15, 0.2) is 54.6 Å². The molecule has 160 valence electrons. The molecule has 3 rings (SSSR count). The Hall–Kier alpha value is -2.93. The number of para-hydroxylation sites is 1. The van der Waals surface area contributed by atoms with Gasteiger partial charge in [0.1, 0.15) is 6.61 Å². The molecule has 30 heavy (non-hydrogen) atoms. The monoisotopic (exact) mass is 413 g/mol. The first kappa shape index (κ1) is 21.8. The molecule has 2 aromatic carbocycles. The van der Waals surface area contributed by atoms with Gasteiger partial charge >= 0.3 is 0 Å². The van der Waals surface area contributed by atoms with E-state index in [0.717, 1.165) is 13.0 Å². The molecule has 0 atom stereocenters. The highest BCUT2D eigenvalue weighted by Gasteiger charge is 2.22. The van der Waals surface area contributed by atoms with Crippen molar-refractivity contribution in [2.45, 2.75) is 6.42 Å². The third kappa shape index (κ3) is 6.03. The zero-order valence-corrected chi connectivity index (χ0v) is 17.3. The van der Waals surface area contributed by atoms with E-state index < -0.39 is 5.82 Å². The van der Waals surface area contributed by atoms with E-state index in [4.69, 9.17) is 4.74 Å². The van der Waals surface area contributed by atoms with Crippen molar-refractivity contribution in [3.8, 4) is 5.75 Å². The molecule has 0 unspecified atom stereocenters. The fourth-order valence-corrected chi connectivity index (χ4v) is 3.39. The Morgan fingerprint density at radius 1 is 1.00 bits per heavy atom. The molecule has 6 nitrogen and oxygen atoms in total. The summed E-state index contributed by atoms with van der Waals surface area (Å²) in [5.74, 6) is -0.208. The van der Waals surface area contributed by atoms with Gasteiger partial charge < -0.3 is 14.5 Å². The van der Waals surface area contributed by atoms with Gasteiger partial charge in [0.25, 0.3) is 5.91 Å². The second-order valence-electron chi connectivity index (χ2n) is 7.38. The number of hydrogen-bond donors (Lipinski definition) is 0. The number of hydrogen-bond acceptors (Lipinski definition) is 4. The van der Waals surface area contributed by atoms with Crippen LogP contribution in [0.3, 0.4) is 0 Å². The molecule has 1 saturated heterocycles. The van der Waals surface area contributed by atoms with Crippen LogP contribution in [0.25, 0.3) is 0 Å². The summed E-state index contributed by atoms with van der Waals surface area (Å²) in [5.41, 5.74) is 0.691. The number of rotatable bonds is 7. The lowest BCUT2D eigenvalue weighted by Crippen LogP contribution is -2.41. The zero-order valence-electron chi connectivity index (χ0n) is 17.3. The van der Waals surface area contributed by atoms with Gasteiger partial charge in [0.15, 0.2) is 11.6 Å². The fraction of sp³-hybridized carbons (Fsp3) is 0.391. The highest BCUT2D eigenvalue weighted by molar-refractivity contribution is 5.94. The van der Waals surface area contributed by atoms with Gasteiger partial charge in [-0.3, -0.25) is 14.5 Å². The maximum atomic E-state index is 13.6. The minimum atomic E-state index is -0.411. The standard InChI is InChI=1S/C23H28FN3O3/c1-25(16-17-30-21-11-6-5-10-20(21)24)22(28)18-26-12-7-13-27(15-14-26)23(29)19-8-3-2-4-9-19/h2-6,8-11H,7,12-18H2,1H3. The van der Waals surface area contributed by atoms with Crippen molar-refractivity contribution in [3.63, 3.8) is 0 Å². The van der Waals surface area contributed by atoms with Gasteiger partial charge in [0.2, 0.25) is 5.91 Å². The first-order chi connectivity index (χ1) is 14.5. The molecule has 0 bridgehead atoms. The highest BCUT2D eigenvalue weighted by Crippen LogP contribution is 2.15. The van der Waals surface area contributed by atoms with Gasteiger partial charge in [0.05, 0.1) is 13.1 Å². The van der Waals surface area contributed by atoms with Crippen molar-refractivity contribution < 1.29 is 18.7 Å². The molecule has 7 heteroatoms. The van der Waals surface area contributed by atoms with E-state index in [0.29, 0.717) is 38.3 Å². The van der Waals surface area contributed by atoms with Crippen LogP contribution >= 0.6 is 0 Å². The lowest BCUT2D eigenvalue weighted by molar-refractivity contribution is -0.131. The number of ether oxygens (including phenoxy) is 1. The molecule has 2 aromatic rings. The van der Waals surface area contributed by atoms with Crippen LogP contribution in [0, 0.1) is 5.82 Å². The molecule has 1 fully saturated rings. The third-order valence-corrected chi connectivity index (χ3v) is 5.20. The number of nitrogens with zero attached hydrogens (tertiary/aromatic N) is 3. The molecule has 1 aliphatic heterocycles. The van der Waals surface area contributed by atoms with Gasteiger partial charge in [-0.1, -0.05) is 30.3 Å². The van der Waals surface area contributed by atoms with Crippen molar-refractivity contribution in [3.05, 3.63) is 66.0 Å². The SMILES string of the molecule is CN(CCOc1ccccc1F)C(=O)CN1CCCN(C(=O)c2ccccc2)CC1. The smallest absolute Gasteiger partial charge is 0.253 e. The van der Waals surface area contributed by atoms with E-state index >= 15 is 0 Å². The van der Waals surface area contributed by atoms with Gasteiger partial charge in [0, 0.05) is 38.8 Å². The number of likely N-dealkylation sites (N-methyl/N-ethyl adjacent to an activating group) is 1. The zero-order chi connectivity index (χ0) is 21.3. The summed E-state index contributed by atoms with van der Waals surface area (Å²) in [6.07, 6.45) is 0.825. The largest absolute Gasteiger partial charge is 0.489 e. The molecule has 0 N–H and O–H groups in total. The van der Waals surface area contributed by atoms with Crippen molar-refractivity contribution >= 4 is 11.8 Å². The predicted molar refractivity (Wildman–Crippen MR) is 113 cm³/mol. The second-order valence-corrected chi connectivity index (χ2v) is 7.38. The van der Waals surface area contributed by atoms with Crippen molar-refractivity contribution in [2.24, 2.45) is 0 Å². The van der Waals surface area contributed by atoms with Crippen LogP contribution < -0.4 is 4.74 Å². The molecule has 2 amide bonds. The minimum absolute atomic E-state index is 0.0185. The average Bonchev–Trinajstić information content (AvgIpc) is 3.00. The predicted octanol–water partition coefficient (Wildman–Crippen LogP) is 2.51. The van der Waals surface area contributed by atoms with Crippen LogP contribution in [0.5, 0.6) is 5.75 Å². The molecule has 1 aliphatic rings. The van der Waals surface area contributed by atoms with Crippen molar-refractivity contribution in [2.75, 3.05) is 52.9 Å². The minimum Gasteiger partial charge on any atom is -0.489 e. The Kier molecular flexibility index (Phi) is 7.79. The van der Waals surface area contributed by atoms with Crippen molar-refractivity contribution in [1.82, 2.24) is 14.7 Å². The lowest BCUT2D eigenvalue weighted by atomic mass is 10.2. The van der Waals surface area contributed by atoms with Gasteiger partial charge in [-0.05, 0) is 30.7 Å². The number of benzene rings is 2. The van der Waals surface area contributed by atoms with E-state index in [-0.39, 0.29) is 24.2 Å². The fourth-order valence-electron chi connectivity index (χ4n) is 3.39. The van der Waals surface area contributed by atoms with Crippen LogP contribution in [0.1, 0.15) is 16.8 Å². The Morgan fingerprint density at radius 3 is 2.50 bits per heavy atom. The molecular weight excluding hydrogens is 385 g/mol. The lowest BCUT2D eigenvalue weighted by Gasteiger charge is -2.24. The van der Waals surface area contributed by atoms with Crippen LogP contribution in [0.2, 0.25) is 0 Å². The third-order valence-electron chi connectivity index (χ3n) is 5.20. The van der Waals surface area contributed by atoms with Gasteiger partial charge in [-0.15, -0.1) is 0 Å². The summed E-state index contributed by atoms with van der Waals surface area (Å²) in [6.45, 7) is 3.60. The highest BCUT2D eigenvalue weighted by atomic mass is 19.1. The van der Waals surface area contributed by atoms with E-state index in [1.165, 1.54) is 6.07 Å². The maximum absolute atomic E-state index is 13.6. The summed E-state index contributed by atoms with van der Waals surface area (Å²) in [5, 5.41) is 0. The topological polar surface area (TPSA) is 53.1 Å². The summed E-state index contributed by atoms with van der Waals surface area (Å²) in [6, 6.07) is 15.5. The van der Waals surface area contributed by atoms with E-state index in [2.05, 4.69) is 4.90 Å². The van der Waals surface area contributed by atoms with E-state index in [9.17, 15) is 14.0 Å². The Balaban J connectivity index is 1.42. The summed E-state index contributed by atoms with van der Waals surface area (Å²) in [4.78, 5) is 30.7. The van der Waals surface area contributed by atoms with E-state index in [1.54, 1.807) is 30.1 Å². The summed E-state index contributed by atoms with van der Waals surface area (Å²) in [7, 11) is 1.72. The van der Waals surface area contributed by atoms with Crippen LogP contribution in [0.4, 0.5) is 4.39 Å². The summed E-state index contributed by atoms with van der Waals surface area (Å²) >= 11 is 0. The maximum Gasteiger partial charge on any atom is 0.253 e. The normalized spacial score (nSPS) is 14.8.